The van der Waals surface area contributed by atoms with E-state index in [2.05, 4.69) is 11.8 Å². The highest BCUT2D eigenvalue weighted by atomic mass is 16.1. The van der Waals surface area contributed by atoms with E-state index >= 15 is 0 Å². The van der Waals surface area contributed by atoms with Crippen LogP contribution in [0.15, 0.2) is 0 Å². The van der Waals surface area contributed by atoms with Gasteiger partial charge >= 0.3 is 0 Å². The van der Waals surface area contributed by atoms with E-state index in [0.29, 0.717) is 6.42 Å². The number of carbonyl (C=O) groups is 1. The lowest BCUT2D eigenvalue weighted by Gasteiger charge is -2.32. The lowest BCUT2D eigenvalue weighted by molar-refractivity contribution is -0.122. The first-order valence-electron chi connectivity index (χ1n) is 5.73. The molecule has 1 aliphatic heterocycles. The van der Waals surface area contributed by atoms with Crippen molar-refractivity contribution in [1.29, 1.82) is 0 Å². The van der Waals surface area contributed by atoms with Crippen molar-refractivity contribution in [3.8, 4) is 0 Å². The number of primary amides is 1. The van der Waals surface area contributed by atoms with Crippen LogP contribution in [0, 0.1) is 5.92 Å². The highest BCUT2D eigenvalue weighted by Crippen LogP contribution is 2.16. The summed E-state index contributed by atoms with van der Waals surface area (Å²) in [5.74, 6) is 0.351. The fraction of sp³-hybridized carbons (Fsp3) is 0.909. The summed E-state index contributed by atoms with van der Waals surface area (Å²) in [6.45, 7) is 7.10. The van der Waals surface area contributed by atoms with Gasteiger partial charge in [-0.3, -0.25) is 4.79 Å². The molecule has 88 valence electrons. The summed E-state index contributed by atoms with van der Waals surface area (Å²) in [5, 5.41) is 0. The van der Waals surface area contributed by atoms with Crippen molar-refractivity contribution >= 4 is 5.91 Å². The summed E-state index contributed by atoms with van der Waals surface area (Å²) in [6, 6.07) is 0. The minimum atomic E-state index is -0.860. The molecule has 1 rings (SSSR count). The van der Waals surface area contributed by atoms with Gasteiger partial charge in [-0.15, -0.1) is 0 Å². The van der Waals surface area contributed by atoms with Crippen molar-refractivity contribution < 1.29 is 4.79 Å². The van der Waals surface area contributed by atoms with Crippen LogP contribution in [0.5, 0.6) is 0 Å². The average Bonchev–Trinajstić information content (AvgIpc) is 2.15. The van der Waals surface area contributed by atoms with Gasteiger partial charge < -0.3 is 16.4 Å². The smallest absolute Gasteiger partial charge is 0.237 e. The van der Waals surface area contributed by atoms with Gasteiger partial charge in [0.05, 0.1) is 5.54 Å². The zero-order valence-electron chi connectivity index (χ0n) is 9.83. The second-order valence-corrected chi connectivity index (χ2v) is 5.08. The molecule has 0 radical (unpaired) electrons. The van der Waals surface area contributed by atoms with Gasteiger partial charge in [0, 0.05) is 13.1 Å². The summed E-state index contributed by atoms with van der Waals surface area (Å²) in [6.07, 6.45) is 3.21. The monoisotopic (exact) mass is 213 g/mol. The summed E-state index contributed by atoms with van der Waals surface area (Å²) in [5.41, 5.74) is 10.2. The number of nitrogens with zero attached hydrogens (tertiary/aromatic N) is 1. The van der Waals surface area contributed by atoms with Gasteiger partial charge in [0.25, 0.3) is 0 Å². The number of piperidine rings is 1. The van der Waals surface area contributed by atoms with Crippen LogP contribution in [-0.4, -0.2) is 36.0 Å². The molecule has 1 fully saturated rings. The number of carbonyl (C=O) groups excluding carboxylic acids is 1. The molecular formula is C11H23N3O. The fourth-order valence-corrected chi connectivity index (χ4v) is 2.00. The van der Waals surface area contributed by atoms with Crippen molar-refractivity contribution in [2.45, 2.75) is 38.6 Å². The Labute approximate surface area is 92.0 Å². The molecule has 0 saturated carbocycles. The Morgan fingerprint density at radius 2 is 2.27 bits per heavy atom. The third-order valence-corrected chi connectivity index (χ3v) is 3.25. The lowest BCUT2D eigenvalue weighted by atomic mass is 9.96. The zero-order valence-corrected chi connectivity index (χ0v) is 9.83. The van der Waals surface area contributed by atoms with Crippen LogP contribution in [0.3, 0.4) is 0 Å². The molecule has 0 aliphatic carbocycles. The molecule has 4 N–H and O–H groups in total. The summed E-state index contributed by atoms with van der Waals surface area (Å²) in [4.78, 5) is 13.4. The molecular weight excluding hydrogens is 190 g/mol. The quantitative estimate of drug-likeness (QED) is 0.706. The first kappa shape index (κ1) is 12.5. The Bertz CT molecular complexity index is 228. The van der Waals surface area contributed by atoms with E-state index in [1.807, 2.05) is 0 Å². The van der Waals surface area contributed by atoms with Gasteiger partial charge in [-0.2, -0.15) is 0 Å². The van der Waals surface area contributed by atoms with Crippen molar-refractivity contribution in [2.75, 3.05) is 19.6 Å². The van der Waals surface area contributed by atoms with Crippen LogP contribution in [0.25, 0.3) is 0 Å². The minimum absolute atomic E-state index is 0.410. The van der Waals surface area contributed by atoms with Crippen molar-refractivity contribution in [2.24, 2.45) is 17.4 Å². The second-order valence-electron chi connectivity index (χ2n) is 5.08. The van der Waals surface area contributed by atoms with E-state index in [0.717, 1.165) is 25.6 Å². The topological polar surface area (TPSA) is 72.3 Å². The Morgan fingerprint density at radius 1 is 1.60 bits per heavy atom. The molecule has 4 heteroatoms. The summed E-state index contributed by atoms with van der Waals surface area (Å²) in [7, 11) is 0. The second kappa shape index (κ2) is 4.94. The van der Waals surface area contributed by atoms with Gasteiger partial charge in [0.2, 0.25) is 5.91 Å². The largest absolute Gasteiger partial charge is 0.368 e. The molecule has 1 amide bonds. The van der Waals surface area contributed by atoms with E-state index < -0.39 is 11.4 Å². The average molecular weight is 213 g/mol. The number of nitrogens with two attached hydrogens (primary N) is 2. The molecule has 0 aromatic heterocycles. The van der Waals surface area contributed by atoms with Gasteiger partial charge in [0.15, 0.2) is 0 Å². The van der Waals surface area contributed by atoms with Gasteiger partial charge in [-0.05, 0) is 38.6 Å². The number of hydrogen-bond acceptors (Lipinski definition) is 3. The minimum Gasteiger partial charge on any atom is -0.368 e. The summed E-state index contributed by atoms with van der Waals surface area (Å²) >= 11 is 0. The molecule has 0 aromatic carbocycles. The van der Waals surface area contributed by atoms with E-state index in [9.17, 15) is 4.79 Å². The van der Waals surface area contributed by atoms with E-state index in [-0.39, 0.29) is 0 Å². The van der Waals surface area contributed by atoms with E-state index in [4.69, 9.17) is 11.5 Å². The first-order valence-corrected chi connectivity index (χ1v) is 5.73. The molecule has 1 aliphatic rings. The van der Waals surface area contributed by atoms with Crippen LogP contribution in [0.1, 0.15) is 33.1 Å². The standard InChI is InChI=1S/C11H23N3O/c1-9-4-3-6-14(8-9)7-5-11(2,13)10(12)15/h9H,3-8,13H2,1-2H3,(H2,12,15). The maximum Gasteiger partial charge on any atom is 0.237 e. The predicted octanol–water partition coefficient (Wildman–Crippen LogP) is 0.311. The molecule has 4 nitrogen and oxygen atoms in total. The highest BCUT2D eigenvalue weighted by molar-refractivity contribution is 5.83. The molecule has 15 heavy (non-hydrogen) atoms. The molecule has 2 unspecified atom stereocenters. The Morgan fingerprint density at radius 3 is 2.80 bits per heavy atom. The molecule has 2 atom stereocenters. The SMILES string of the molecule is CC1CCCN(CCC(C)(N)C(N)=O)C1. The third kappa shape index (κ3) is 3.80. The van der Waals surface area contributed by atoms with Crippen molar-refractivity contribution in [3.05, 3.63) is 0 Å². The summed E-state index contributed by atoms with van der Waals surface area (Å²) < 4.78 is 0. The lowest BCUT2D eigenvalue weighted by Crippen LogP contribution is -2.51. The van der Waals surface area contributed by atoms with E-state index in [1.165, 1.54) is 12.8 Å². The van der Waals surface area contributed by atoms with Crippen LogP contribution < -0.4 is 11.5 Å². The molecule has 0 bridgehead atoms. The van der Waals surface area contributed by atoms with Crippen LogP contribution >= 0.6 is 0 Å². The Hall–Kier alpha value is -0.610. The maximum absolute atomic E-state index is 11.0. The first-order chi connectivity index (χ1) is 6.92. The van der Waals surface area contributed by atoms with Gasteiger partial charge in [-0.1, -0.05) is 6.92 Å². The number of likely N-dealkylation sites (tertiary alicyclic amines) is 1. The van der Waals surface area contributed by atoms with Crippen LogP contribution in [0.4, 0.5) is 0 Å². The molecule has 0 spiro atoms. The fourth-order valence-electron chi connectivity index (χ4n) is 2.00. The number of rotatable bonds is 4. The third-order valence-electron chi connectivity index (χ3n) is 3.25. The van der Waals surface area contributed by atoms with Crippen molar-refractivity contribution in [1.82, 2.24) is 4.90 Å². The Kier molecular flexibility index (Phi) is 4.11. The molecule has 0 aromatic rings. The maximum atomic E-state index is 11.0. The van der Waals surface area contributed by atoms with Gasteiger partial charge in [-0.25, -0.2) is 0 Å². The number of hydrogen-bond donors (Lipinski definition) is 2. The highest BCUT2D eigenvalue weighted by Gasteiger charge is 2.27. The Balaban J connectivity index is 2.33. The van der Waals surface area contributed by atoms with Crippen LogP contribution in [0.2, 0.25) is 0 Å². The van der Waals surface area contributed by atoms with Crippen molar-refractivity contribution in [3.63, 3.8) is 0 Å². The predicted molar refractivity (Wildman–Crippen MR) is 61.2 cm³/mol. The molecule has 1 heterocycles. The van der Waals surface area contributed by atoms with Crippen LogP contribution in [-0.2, 0) is 4.79 Å². The van der Waals surface area contributed by atoms with Gasteiger partial charge in [0.1, 0.15) is 0 Å². The zero-order chi connectivity index (χ0) is 11.5. The molecule has 1 saturated heterocycles. The van der Waals surface area contributed by atoms with E-state index in [1.54, 1.807) is 6.92 Å². The number of amides is 1. The normalized spacial score (nSPS) is 27.3.